The number of halogens is 1. The lowest BCUT2D eigenvalue weighted by atomic mass is 10.0. The molecule has 1 aromatic carbocycles. The van der Waals surface area contributed by atoms with Crippen molar-refractivity contribution in [3.8, 4) is 0 Å². The van der Waals surface area contributed by atoms with Gasteiger partial charge in [-0.2, -0.15) is 0 Å². The molecule has 1 N–H and O–H groups in total. The number of aliphatic hydroxyl groups is 1. The van der Waals surface area contributed by atoms with Gasteiger partial charge in [0.1, 0.15) is 0 Å². The van der Waals surface area contributed by atoms with Crippen LogP contribution in [0.25, 0.3) is 0 Å². The third-order valence-electron chi connectivity index (χ3n) is 3.81. The van der Waals surface area contributed by atoms with Crippen molar-refractivity contribution in [2.75, 3.05) is 13.2 Å². The molecule has 1 aliphatic heterocycles. The molecule has 1 fully saturated rings. The summed E-state index contributed by atoms with van der Waals surface area (Å²) in [5.41, 5.74) is 0.979. The Morgan fingerprint density at radius 1 is 1.58 bits per heavy atom. The Hall–Kier alpha value is -0.980. The lowest BCUT2D eigenvalue weighted by molar-refractivity contribution is -0.385. The van der Waals surface area contributed by atoms with Crippen LogP contribution in [0.5, 0.6) is 0 Å². The second kappa shape index (κ2) is 5.98. The Kier molecular flexibility index (Phi) is 4.54. The third-order valence-corrected chi connectivity index (χ3v) is 4.73. The number of nitrogens with zero attached hydrogens (tertiary/aromatic N) is 2. The van der Waals surface area contributed by atoms with Gasteiger partial charge in [0, 0.05) is 18.7 Å². The van der Waals surface area contributed by atoms with Crippen molar-refractivity contribution < 1.29 is 10.0 Å². The predicted molar refractivity (Wildman–Crippen MR) is 75.9 cm³/mol. The fourth-order valence-electron chi connectivity index (χ4n) is 2.63. The van der Waals surface area contributed by atoms with Gasteiger partial charge < -0.3 is 5.11 Å². The molecule has 1 saturated heterocycles. The Morgan fingerprint density at radius 2 is 2.32 bits per heavy atom. The van der Waals surface area contributed by atoms with Gasteiger partial charge in [-0.15, -0.1) is 0 Å². The molecule has 0 saturated carbocycles. The van der Waals surface area contributed by atoms with Gasteiger partial charge in [0.05, 0.1) is 16.0 Å². The van der Waals surface area contributed by atoms with Crippen LogP contribution in [0.1, 0.15) is 18.9 Å². The maximum absolute atomic E-state index is 10.9. The fourth-order valence-corrected chi connectivity index (χ4v) is 3.16. The van der Waals surface area contributed by atoms with Gasteiger partial charge in [-0.3, -0.25) is 15.0 Å². The fraction of sp³-hybridized carbons (Fsp3) is 0.538. The maximum Gasteiger partial charge on any atom is 0.283 e. The van der Waals surface area contributed by atoms with Crippen molar-refractivity contribution in [2.45, 2.75) is 25.9 Å². The minimum absolute atomic E-state index is 0.0882. The van der Waals surface area contributed by atoms with E-state index in [-0.39, 0.29) is 23.3 Å². The van der Waals surface area contributed by atoms with E-state index < -0.39 is 0 Å². The summed E-state index contributed by atoms with van der Waals surface area (Å²) in [7, 11) is 0. The number of nitro benzene ring substituents is 1. The maximum atomic E-state index is 10.9. The predicted octanol–water partition coefficient (Wildman–Crippen LogP) is 2.56. The smallest absolute Gasteiger partial charge is 0.283 e. The van der Waals surface area contributed by atoms with Crippen LogP contribution in [0.3, 0.4) is 0 Å². The normalized spacial score (nSPS) is 23.7. The van der Waals surface area contributed by atoms with Crippen LogP contribution in [-0.4, -0.2) is 34.1 Å². The second-order valence-corrected chi connectivity index (χ2v) is 5.79. The van der Waals surface area contributed by atoms with Gasteiger partial charge in [-0.05, 0) is 40.4 Å². The van der Waals surface area contributed by atoms with E-state index in [0.29, 0.717) is 16.9 Å². The molecule has 2 atom stereocenters. The Balaban J connectivity index is 2.20. The van der Waals surface area contributed by atoms with E-state index in [1.165, 1.54) is 6.07 Å². The van der Waals surface area contributed by atoms with E-state index in [9.17, 15) is 15.2 Å². The van der Waals surface area contributed by atoms with Gasteiger partial charge in [-0.1, -0.05) is 19.1 Å². The first-order valence-electron chi connectivity index (χ1n) is 6.31. The van der Waals surface area contributed by atoms with Crippen molar-refractivity contribution in [2.24, 2.45) is 5.92 Å². The van der Waals surface area contributed by atoms with Crippen LogP contribution in [0, 0.1) is 16.0 Å². The van der Waals surface area contributed by atoms with Gasteiger partial charge in [0.25, 0.3) is 5.69 Å². The molecule has 19 heavy (non-hydrogen) atoms. The van der Waals surface area contributed by atoms with Crippen molar-refractivity contribution >= 4 is 21.6 Å². The lowest BCUT2D eigenvalue weighted by Gasteiger charge is -2.25. The number of benzene rings is 1. The van der Waals surface area contributed by atoms with Gasteiger partial charge in [0.2, 0.25) is 0 Å². The van der Waals surface area contributed by atoms with Crippen molar-refractivity contribution in [3.63, 3.8) is 0 Å². The quantitative estimate of drug-likeness (QED) is 0.681. The monoisotopic (exact) mass is 328 g/mol. The molecule has 0 amide bonds. The number of rotatable bonds is 4. The first-order chi connectivity index (χ1) is 9.04. The summed E-state index contributed by atoms with van der Waals surface area (Å²) in [5.74, 6) is 0.461. The Labute approximate surface area is 120 Å². The number of aliphatic hydroxyl groups excluding tert-OH is 1. The highest BCUT2D eigenvalue weighted by Crippen LogP contribution is 2.32. The van der Waals surface area contributed by atoms with Crippen molar-refractivity contribution in [3.05, 3.63) is 38.3 Å². The van der Waals surface area contributed by atoms with Crippen LogP contribution in [0.4, 0.5) is 5.69 Å². The summed E-state index contributed by atoms with van der Waals surface area (Å²) in [6, 6.07) is 5.22. The molecule has 2 rings (SSSR count). The molecule has 6 heteroatoms. The summed E-state index contributed by atoms with van der Waals surface area (Å²) in [4.78, 5) is 12.7. The van der Waals surface area contributed by atoms with Crippen molar-refractivity contribution in [1.29, 1.82) is 0 Å². The highest BCUT2D eigenvalue weighted by Gasteiger charge is 2.31. The van der Waals surface area contributed by atoms with Gasteiger partial charge in [-0.25, -0.2) is 0 Å². The summed E-state index contributed by atoms with van der Waals surface area (Å²) in [5, 5.41) is 20.3. The number of nitro groups is 1. The Morgan fingerprint density at radius 3 is 2.95 bits per heavy atom. The van der Waals surface area contributed by atoms with E-state index >= 15 is 0 Å². The topological polar surface area (TPSA) is 66.6 Å². The molecule has 5 nitrogen and oxygen atoms in total. The largest absolute Gasteiger partial charge is 0.395 e. The van der Waals surface area contributed by atoms with Crippen molar-refractivity contribution in [1.82, 2.24) is 4.90 Å². The molecular weight excluding hydrogens is 312 g/mol. The zero-order chi connectivity index (χ0) is 14.0. The number of hydrogen-bond acceptors (Lipinski definition) is 4. The van der Waals surface area contributed by atoms with Crippen LogP contribution in [0.15, 0.2) is 22.7 Å². The SMILES string of the molecule is CC1CCN(Cc2cccc([N+](=O)[O-])c2Br)C1CO. The number of likely N-dealkylation sites (tertiary alicyclic amines) is 1. The minimum atomic E-state index is -0.385. The molecule has 2 unspecified atom stereocenters. The van der Waals surface area contributed by atoms with Crippen LogP contribution in [0.2, 0.25) is 0 Å². The van der Waals surface area contributed by atoms with Gasteiger partial charge in [0.15, 0.2) is 0 Å². The lowest BCUT2D eigenvalue weighted by Crippen LogP contribution is -2.34. The standard InChI is InChI=1S/C13H17BrN2O3/c1-9-5-6-15(12(9)8-17)7-10-3-2-4-11(13(10)14)16(18)19/h2-4,9,12,17H,5-8H2,1H3. The minimum Gasteiger partial charge on any atom is -0.395 e. The van der Waals surface area contributed by atoms with Crippen LogP contribution >= 0.6 is 15.9 Å². The Bertz CT molecular complexity index is 481. The van der Waals surface area contributed by atoms with E-state index in [1.54, 1.807) is 6.07 Å². The molecule has 0 spiro atoms. The highest BCUT2D eigenvalue weighted by molar-refractivity contribution is 9.10. The zero-order valence-corrected chi connectivity index (χ0v) is 12.3. The van der Waals surface area contributed by atoms with E-state index in [0.717, 1.165) is 18.5 Å². The van der Waals surface area contributed by atoms with Gasteiger partial charge >= 0.3 is 0 Å². The number of hydrogen-bond donors (Lipinski definition) is 1. The average molecular weight is 329 g/mol. The van der Waals surface area contributed by atoms with E-state index in [2.05, 4.69) is 27.8 Å². The molecule has 1 aliphatic rings. The molecule has 1 aromatic rings. The molecular formula is C13H17BrN2O3. The molecule has 0 bridgehead atoms. The molecule has 0 aliphatic carbocycles. The van der Waals surface area contributed by atoms with E-state index in [1.807, 2.05) is 6.07 Å². The third kappa shape index (κ3) is 2.96. The second-order valence-electron chi connectivity index (χ2n) is 4.99. The first kappa shape index (κ1) is 14.4. The molecule has 104 valence electrons. The average Bonchev–Trinajstić information content (AvgIpc) is 2.72. The summed E-state index contributed by atoms with van der Waals surface area (Å²) in [6.07, 6.45) is 1.05. The first-order valence-corrected chi connectivity index (χ1v) is 7.10. The van der Waals surface area contributed by atoms with E-state index in [4.69, 9.17) is 0 Å². The molecule has 0 radical (unpaired) electrons. The summed E-state index contributed by atoms with van der Waals surface area (Å²) in [6.45, 7) is 3.80. The highest BCUT2D eigenvalue weighted by atomic mass is 79.9. The van der Waals surface area contributed by atoms with Crippen LogP contribution in [-0.2, 0) is 6.54 Å². The molecule has 1 heterocycles. The zero-order valence-electron chi connectivity index (χ0n) is 10.8. The summed E-state index contributed by atoms with van der Waals surface area (Å²) < 4.78 is 0.538. The summed E-state index contributed by atoms with van der Waals surface area (Å²) >= 11 is 3.32. The molecule has 0 aromatic heterocycles. The van der Waals surface area contributed by atoms with Crippen LogP contribution < -0.4 is 0 Å².